The van der Waals surface area contributed by atoms with Crippen LogP contribution in [0.15, 0.2) is 30.5 Å². The number of nitrogens with one attached hydrogen (secondary N) is 4. The van der Waals surface area contributed by atoms with Crippen LogP contribution in [0.1, 0.15) is 33.0 Å². The molecule has 39 heavy (non-hydrogen) atoms. The molecule has 200 valence electrons. The highest BCUT2D eigenvalue weighted by Gasteiger charge is 2.30. The fourth-order valence-electron chi connectivity index (χ4n) is 3.62. The molecule has 0 spiro atoms. The Kier molecular flexibility index (Phi) is 8.55. The Balaban J connectivity index is 1.68. The predicted octanol–water partition coefficient (Wildman–Crippen LogP) is -1.34. The lowest BCUT2D eigenvalue weighted by Crippen LogP contribution is -2.50. The van der Waals surface area contributed by atoms with Crippen molar-refractivity contribution in [3.8, 4) is 16.3 Å². The summed E-state index contributed by atoms with van der Waals surface area (Å²) in [5.41, 5.74) is 1.49. The Labute approximate surface area is 232 Å². The van der Waals surface area contributed by atoms with Crippen LogP contribution in [0.4, 0.5) is 17.2 Å². The third-order valence-electron chi connectivity index (χ3n) is 5.54. The van der Waals surface area contributed by atoms with E-state index in [4.69, 9.17) is 9.84 Å². The number of benzene rings is 1. The molecule has 3 aromatic rings. The molecule has 1 saturated carbocycles. The van der Waals surface area contributed by atoms with Gasteiger partial charge in [-0.3, -0.25) is 14.4 Å². The number of methoxy groups -OCH3 is 1. The number of carbonyl (C=O) groups is 3. The van der Waals surface area contributed by atoms with Crippen LogP contribution < -0.4 is 26.0 Å². The van der Waals surface area contributed by atoms with Crippen LogP contribution in [-0.4, -0.2) is 87.0 Å². The van der Waals surface area contributed by atoms with Crippen LogP contribution >= 0.6 is 11.3 Å². The normalized spacial score (nSPS) is 12.9. The summed E-state index contributed by atoms with van der Waals surface area (Å²) < 4.78 is 5.72. The number of hydrogen-bond donors (Lipinski definition) is 5. The van der Waals surface area contributed by atoms with E-state index in [1.54, 1.807) is 24.3 Å². The van der Waals surface area contributed by atoms with Gasteiger partial charge in [-0.1, -0.05) is 6.07 Å². The zero-order valence-electron chi connectivity index (χ0n) is 22.1. The Bertz CT molecular complexity index is 1390. The topological polar surface area (TPSA) is 167 Å². The molecule has 1 aliphatic carbocycles. The molecule has 0 atom stereocenters. The van der Waals surface area contributed by atoms with Crippen molar-refractivity contribution in [3.63, 3.8) is 0 Å². The van der Waals surface area contributed by atoms with Gasteiger partial charge in [0.05, 0.1) is 36.9 Å². The summed E-state index contributed by atoms with van der Waals surface area (Å²) in [5, 5.41) is 28.6. The molecule has 0 saturated heterocycles. The molecular formula is C23H28B3N7O5S. The summed E-state index contributed by atoms with van der Waals surface area (Å²) in [6, 6.07) is 6.91. The van der Waals surface area contributed by atoms with Crippen LogP contribution in [-0.2, 0) is 4.79 Å². The standard InChI is InChI=1S/C23H28B3N7O5S/c1-38-18-12(22-28-10-15(39-22)20(36)27-7-8-34)3-2-4-13(18)29-14-9-16(30-19(35)11-5-6-11)32-33-17(14)21(37)31-23(24,25)26/h2-4,9-11,34H,5-8,24-26H2,1H3,(H,27,36)(H,31,37)(H2,29,30,32,35). The number of aliphatic hydroxyl groups is 1. The van der Waals surface area contributed by atoms with Crippen molar-refractivity contribution < 1.29 is 24.2 Å². The van der Waals surface area contributed by atoms with Crippen molar-refractivity contribution in [1.82, 2.24) is 25.8 Å². The van der Waals surface area contributed by atoms with Crippen molar-refractivity contribution in [2.24, 2.45) is 5.92 Å². The minimum Gasteiger partial charge on any atom is -0.494 e. The first kappa shape index (κ1) is 28.1. The summed E-state index contributed by atoms with van der Waals surface area (Å²) in [6.07, 6.45) is 3.13. The van der Waals surface area contributed by atoms with E-state index in [0.717, 1.165) is 12.8 Å². The zero-order valence-corrected chi connectivity index (χ0v) is 22.9. The number of hydrogen-bond acceptors (Lipinski definition) is 10. The lowest BCUT2D eigenvalue weighted by molar-refractivity contribution is -0.117. The lowest BCUT2D eigenvalue weighted by atomic mass is 9.49. The van der Waals surface area contributed by atoms with Crippen molar-refractivity contribution in [2.75, 3.05) is 30.9 Å². The average molecular weight is 547 g/mol. The molecule has 12 nitrogen and oxygen atoms in total. The highest BCUT2D eigenvalue weighted by Crippen LogP contribution is 2.40. The SMILES string of the molecule is BC(B)(B)NC(=O)c1nnc(NC(=O)C2CC2)cc1Nc1cccc(-c2ncc(C(=O)NCCO)s2)c1OC. The maximum absolute atomic E-state index is 13.1. The smallest absolute Gasteiger partial charge is 0.272 e. The molecule has 0 unspecified atom stereocenters. The van der Waals surface area contributed by atoms with Crippen LogP contribution in [0.2, 0.25) is 0 Å². The first-order chi connectivity index (χ1) is 18.6. The average Bonchev–Trinajstić information content (AvgIpc) is 3.63. The zero-order chi connectivity index (χ0) is 28.2. The second kappa shape index (κ2) is 11.9. The lowest BCUT2D eigenvalue weighted by Gasteiger charge is -2.22. The van der Waals surface area contributed by atoms with Gasteiger partial charge in [-0.15, -0.1) is 21.5 Å². The summed E-state index contributed by atoms with van der Waals surface area (Å²) >= 11 is 1.17. The van der Waals surface area contributed by atoms with Gasteiger partial charge < -0.3 is 31.1 Å². The number of ether oxygens (including phenoxy) is 1. The molecule has 0 aliphatic heterocycles. The summed E-state index contributed by atoms with van der Waals surface area (Å²) in [4.78, 5) is 42.4. The van der Waals surface area contributed by atoms with Gasteiger partial charge in [-0.2, -0.15) is 0 Å². The fourth-order valence-corrected chi connectivity index (χ4v) is 4.47. The third-order valence-corrected chi connectivity index (χ3v) is 6.57. The molecule has 2 aromatic heterocycles. The maximum Gasteiger partial charge on any atom is 0.272 e. The minimum absolute atomic E-state index is 0.0299. The quantitative estimate of drug-likeness (QED) is 0.183. The van der Waals surface area contributed by atoms with E-state index >= 15 is 0 Å². The third kappa shape index (κ3) is 7.15. The Morgan fingerprint density at radius 1 is 1.15 bits per heavy atom. The number of para-hydroxylation sites is 1. The van der Waals surface area contributed by atoms with E-state index in [-0.39, 0.29) is 42.4 Å². The molecule has 1 aliphatic rings. The first-order valence-electron chi connectivity index (χ1n) is 12.4. The van der Waals surface area contributed by atoms with E-state index in [0.29, 0.717) is 32.6 Å². The van der Waals surface area contributed by atoms with E-state index in [1.807, 2.05) is 23.5 Å². The monoisotopic (exact) mass is 547 g/mol. The van der Waals surface area contributed by atoms with Gasteiger partial charge >= 0.3 is 0 Å². The number of aliphatic hydroxyl groups excluding tert-OH is 1. The number of thiazole rings is 1. The molecular weight excluding hydrogens is 519 g/mol. The van der Waals surface area contributed by atoms with Crippen LogP contribution in [0.5, 0.6) is 5.75 Å². The van der Waals surface area contributed by atoms with Gasteiger partial charge in [0.1, 0.15) is 33.4 Å². The number of carbonyl (C=O) groups excluding carboxylic acids is 3. The second-order valence-electron chi connectivity index (χ2n) is 9.98. The van der Waals surface area contributed by atoms with Crippen molar-refractivity contribution in [1.29, 1.82) is 0 Å². The summed E-state index contributed by atoms with van der Waals surface area (Å²) in [6.45, 7) is -0.0203. The number of aromatic nitrogens is 3. The van der Waals surface area contributed by atoms with Gasteiger partial charge in [0.25, 0.3) is 11.8 Å². The van der Waals surface area contributed by atoms with E-state index in [1.165, 1.54) is 24.6 Å². The first-order valence-corrected chi connectivity index (χ1v) is 13.2. The van der Waals surface area contributed by atoms with E-state index in [2.05, 4.69) is 36.4 Å². The summed E-state index contributed by atoms with van der Waals surface area (Å²) in [7, 11) is 7.07. The maximum atomic E-state index is 13.1. The summed E-state index contributed by atoms with van der Waals surface area (Å²) in [5.74, 6) is -0.292. The van der Waals surface area contributed by atoms with Gasteiger partial charge in [0, 0.05) is 18.5 Å². The molecule has 0 radical (unpaired) electrons. The fraction of sp³-hybridized carbons (Fsp3) is 0.304. The number of anilines is 3. The Morgan fingerprint density at radius 3 is 2.59 bits per heavy atom. The Morgan fingerprint density at radius 2 is 1.92 bits per heavy atom. The van der Waals surface area contributed by atoms with E-state index in [9.17, 15) is 14.4 Å². The molecule has 1 aromatic carbocycles. The highest BCUT2D eigenvalue weighted by atomic mass is 32.1. The number of nitrogens with zero attached hydrogens (tertiary/aromatic N) is 3. The highest BCUT2D eigenvalue weighted by molar-refractivity contribution is 7.17. The van der Waals surface area contributed by atoms with E-state index < -0.39 is 11.1 Å². The molecule has 16 heteroatoms. The van der Waals surface area contributed by atoms with Crippen LogP contribution in [0.25, 0.3) is 10.6 Å². The second-order valence-corrected chi connectivity index (χ2v) is 11.0. The van der Waals surface area contributed by atoms with Gasteiger partial charge in [0.2, 0.25) is 5.91 Å². The molecule has 1 fully saturated rings. The van der Waals surface area contributed by atoms with Gasteiger partial charge in [0.15, 0.2) is 17.3 Å². The number of amides is 3. The number of rotatable bonds is 11. The molecule has 4 rings (SSSR count). The van der Waals surface area contributed by atoms with Gasteiger partial charge in [-0.05, 0) is 30.2 Å². The minimum atomic E-state index is -0.515. The molecule has 0 bridgehead atoms. The van der Waals surface area contributed by atoms with Crippen molar-refractivity contribution in [2.45, 2.75) is 18.1 Å². The van der Waals surface area contributed by atoms with Crippen molar-refractivity contribution >= 4 is 69.8 Å². The Hall–Kier alpha value is -3.91. The molecule has 2 heterocycles. The van der Waals surface area contributed by atoms with Gasteiger partial charge in [-0.25, -0.2) is 4.98 Å². The largest absolute Gasteiger partial charge is 0.494 e. The van der Waals surface area contributed by atoms with Crippen LogP contribution in [0.3, 0.4) is 0 Å². The molecule has 3 amide bonds. The van der Waals surface area contributed by atoms with Crippen LogP contribution in [0, 0.1) is 5.92 Å². The molecule has 5 N–H and O–H groups in total. The predicted molar refractivity (Wildman–Crippen MR) is 156 cm³/mol. The van der Waals surface area contributed by atoms with Crippen molar-refractivity contribution in [3.05, 3.63) is 41.0 Å².